The number of methoxy groups -OCH3 is 1. The van der Waals surface area contributed by atoms with Crippen molar-refractivity contribution in [2.24, 2.45) is 0 Å². The summed E-state index contributed by atoms with van der Waals surface area (Å²) < 4.78 is 4.99. The van der Waals surface area contributed by atoms with Crippen LogP contribution < -0.4 is 10.2 Å². The lowest BCUT2D eigenvalue weighted by Crippen LogP contribution is -2.33. The molecule has 3 rings (SSSR count). The van der Waals surface area contributed by atoms with Gasteiger partial charge in [0.2, 0.25) is 5.91 Å². The smallest absolute Gasteiger partial charge is 0.260 e. The molecule has 0 saturated carbocycles. The highest BCUT2D eigenvalue weighted by Crippen LogP contribution is 2.38. The van der Waals surface area contributed by atoms with E-state index < -0.39 is 6.04 Å². The van der Waals surface area contributed by atoms with E-state index in [-0.39, 0.29) is 18.2 Å². The van der Waals surface area contributed by atoms with Gasteiger partial charge in [0.25, 0.3) is 5.91 Å². The SMILES string of the molecule is COCCCNC(=O)C[C@H]1c2ncccc2C(=O)N1c1cccc(C)c1. The van der Waals surface area contributed by atoms with E-state index >= 15 is 0 Å². The van der Waals surface area contributed by atoms with Gasteiger partial charge in [-0.25, -0.2) is 0 Å². The average molecular weight is 353 g/mol. The van der Waals surface area contributed by atoms with Crippen molar-refractivity contribution in [2.75, 3.05) is 25.2 Å². The first kappa shape index (κ1) is 18.1. The Morgan fingerprint density at radius 3 is 2.92 bits per heavy atom. The number of carbonyl (C=O) groups excluding carboxylic acids is 2. The number of nitrogens with one attached hydrogen (secondary N) is 1. The van der Waals surface area contributed by atoms with Crippen LogP contribution in [-0.4, -0.2) is 37.1 Å². The average Bonchev–Trinajstić information content (AvgIpc) is 2.91. The van der Waals surface area contributed by atoms with Crippen molar-refractivity contribution in [3.63, 3.8) is 0 Å². The predicted octanol–water partition coefficient (Wildman–Crippen LogP) is 2.63. The Morgan fingerprint density at radius 1 is 1.31 bits per heavy atom. The van der Waals surface area contributed by atoms with Crippen LogP contribution in [0.4, 0.5) is 5.69 Å². The molecule has 1 N–H and O–H groups in total. The van der Waals surface area contributed by atoms with Crippen LogP contribution in [0, 0.1) is 6.92 Å². The summed E-state index contributed by atoms with van der Waals surface area (Å²) in [7, 11) is 1.63. The summed E-state index contributed by atoms with van der Waals surface area (Å²) in [5, 5.41) is 2.89. The third-order valence-corrected chi connectivity index (χ3v) is 4.42. The molecule has 1 aromatic heterocycles. The second kappa shape index (κ2) is 8.10. The molecule has 0 aliphatic carbocycles. The van der Waals surface area contributed by atoms with Gasteiger partial charge < -0.3 is 10.1 Å². The second-order valence-corrected chi connectivity index (χ2v) is 6.37. The van der Waals surface area contributed by atoms with Gasteiger partial charge in [-0.05, 0) is 43.2 Å². The Labute approximate surface area is 153 Å². The Kier molecular flexibility index (Phi) is 5.63. The van der Waals surface area contributed by atoms with Crippen LogP contribution in [0.2, 0.25) is 0 Å². The fourth-order valence-electron chi connectivity index (χ4n) is 3.21. The first-order valence-corrected chi connectivity index (χ1v) is 8.72. The maximum absolute atomic E-state index is 12.9. The Balaban J connectivity index is 1.83. The molecule has 0 saturated heterocycles. The van der Waals surface area contributed by atoms with Crippen molar-refractivity contribution in [1.82, 2.24) is 10.3 Å². The predicted molar refractivity (Wildman–Crippen MR) is 99.1 cm³/mol. The molecule has 2 heterocycles. The highest BCUT2D eigenvalue weighted by Gasteiger charge is 2.39. The van der Waals surface area contributed by atoms with E-state index in [1.165, 1.54) is 0 Å². The molecule has 0 bridgehead atoms. The summed E-state index contributed by atoms with van der Waals surface area (Å²) in [4.78, 5) is 31.4. The molecule has 6 nitrogen and oxygen atoms in total. The normalized spacial score (nSPS) is 15.8. The minimum atomic E-state index is -0.400. The van der Waals surface area contributed by atoms with Crippen molar-refractivity contribution in [1.29, 1.82) is 0 Å². The standard InChI is InChI=1S/C20H23N3O3/c1-14-6-3-7-15(12-14)23-17(13-18(24)21-10-5-11-26-2)19-16(20(23)25)8-4-9-22-19/h3-4,6-9,12,17H,5,10-11,13H2,1-2H3,(H,21,24)/t17-/m0/s1. The summed E-state index contributed by atoms with van der Waals surface area (Å²) >= 11 is 0. The van der Waals surface area contributed by atoms with Gasteiger partial charge in [-0.2, -0.15) is 0 Å². The van der Waals surface area contributed by atoms with E-state index in [2.05, 4.69) is 10.3 Å². The molecule has 0 spiro atoms. The summed E-state index contributed by atoms with van der Waals surface area (Å²) in [6.07, 6.45) is 2.59. The van der Waals surface area contributed by atoms with Crippen molar-refractivity contribution < 1.29 is 14.3 Å². The van der Waals surface area contributed by atoms with Crippen LogP contribution in [0.5, 0.6) is 0 Å². The third-order valence-electron chi connectivity index (χ3n) is 4.42. The number of anilines is 1. The van der Waals surface area contributed by atoms with Gasteiger partial charge in [0.15, 0.2) is 0 Å². The first-order valence-electron chi connectivity index (χ1n) is 8.72. The van der Waals surface area contributed by atoms with Crippen molar-refractivity contribution in [2.45, 2.75) is 25.8 Å². The lowest BCUT2D eigenvalue weighted by molar-refractivity contribution is -0.121. The zero-order valence-electron chi connectivity index (χ0n) is 15.1. The number of rotatable bonds is 7. The van der Waals surface area contributed by atoms with Gasteiger partial charge in [-0.1, -0.05) is 12.1 Å². The highest BCUT2D eigenvalue weighted by atomic mass is 16.5. The molecule has 6 heteroatoms. The summed E-state index contributed by atoms with van der Waals surface area (Å²) in [5.74, 6) is -0.217. The van der Waals surface area contributed by atoms with Gasteiger partial charge in [-0.3, -0.25) is 19.5 Å². The molecule has 2 aromatic rings. The molecular weight excluding hydrogens is 330 g/mol. The lowest BCUT2D eigenvalue weighted by Gasteiger charge is -2.25. The van der Waals surface area contributed by atoms with E-state index in [1.807, 2.05) is 31.2 Å². The molecule has 1 aromatic carbocycles. The van der Waals surface area contributed by atoms with E-state index in [4.69, 9.17) is 4.74 Å². The van der Waals surface area contributed by atoms with Crippen molar-refractivity contribution in [3.05, 3.63) is 59.4 Å². The number of fused-ring (bicyclic) bond motifs is 1. The van der Waals surface area contributed by atoms with Gasteiger partial charge in [0.05, 0.1) is 23.7 Å². The number of carbonyl (C=O) groups is 2. The second-order valence-electron chi connectivity index (χ2n) is 6.37. The summed E-state index contributed by atoms with van der Waals surface area (Å²) in [6, 6.07) is 10.8. The van der Waals surface area contributed by atoms with Gasteiger partial charge in [-0.15, -0.1) is 0 Å². The maximum atomic E-state index is 12.9. The first-order chi connectivity index (χ1) is 12.6. The number of nitrogens with zero attached hydrogens (tertiary/aromatic N) is 2. The molecule has 1 aliphatic rings. The van der Waals surface area contributed by atoms with Gasteiger partial charge >= 0.3 is 0 Å². The maximum Gasteiger partial charge on any atom is 0.260 e. The number of hydrogen-bond acceptors (Lipinski definition) is 4. The minimum Gasteiger partial charge on any atom is -0.385 e. The summed E-state index contributed by atoms with van der Waals surface area (Å²) in [6.45, 7) is 3.13. The topological polar surface area (TPSA) is 71.5 Å². The molecule has 0 unspecified atom stereocenters. The van der Waals surface area contributed by atoms with Crippen molar-refractivity contribution in [3.8, 4) is 0 Å². The molecular formula is C20H23N3O3. The monoisotopic (exact) mass is 353 g/mol. The Hall–Kier alpha value is -2.73. The molecule has 136 valence electrons. The van der Waals surface area contributed by atoms with Crippen LogP contribution >= 0.6 is 0 Å². The molecule has 0 radical (unpaired) electrons. The Morgan fingerprint density at radius 2 is 2.15 bits per heavy atom. The number of benzene rings is 1. The summed E-state index contributed by atoms with van der Waals surface area (Å²) in [5.41, 5.74) is 3.06. The van der Waals surface area contributed by atoms with Gasteiger partial charge in [0.1, 0.15) is 0 Å². The number of aromatic nitrogens is 1. The van der Waals surface area contributed by atoms with Crippen molar-refractivity contribution >= 4 is 17.5 Å². The van der Waals surface area contributed by atoms with Crippen LogP contribution in [0.15, 0.2) is 42.6 Å². The number of pyridine rings is 1. The number of hydrogen-bond donors (Lipinski definition) is 1. The fraction of sp³-hybridized carbons (Fsp3) is 0.350. The molecule has 26 heavy (non-hydrogen) atoms. The zero-order valence-corrected chi connectivity index (χ0v) is 15.1. The Bertz CT molecular complexity index is 806. The molecule has 1 atom stereocenters. The van der Waals surface area contributed by atoms with E-state index in [9.17, 15) is 9.59 Å². The fourth-order valence-corrected chi connectivity index (χ4v) is 3.21. The largest absolute Gasteiger partial charge is 0.385 e. The number of ether oxygens (including phenoxy) is 1. The highest BCUT2D eigenvalue weighted by molar-refractivity contribution is 6.11. The molecule has 1 aliphatic heterocycles. The van der Waals surface area contributed by atoms with E-state index in [1.54, 1.807) is 30.3 Å². The third kappa shape index (κ3) is 3.75. The molecule has 2 amide bonds. The van der Waals surface area contributed by atoms with Crippen LogP contribution in [0.25, 0.3) is 0 Å². The van der Waals surface area contributed by atoms with Crippen LogP contribution in [-0.2, 0) is 9.53 Å². The number of aryl methyl sites for hydroxylation is 1. The van der Waals surface area contributed by atoms with Crippen LogP contribution in [0.3, 0.4) is 0 Å². The van der Waals surface area contributed by atoms with E-state index in [0.29, 0.717) is 24.4 Å². The minimum absolute atomic E-state index is 0.102. The quantitative estimate of drug-likeness (QED) is 0.777. The molecule has 0 fully saturated rings. The van der Waals surface area contributed by atoms with Gasteiger partial charge in [0, 0.05) is 32.1 Å². The zero-order chi connectivity index (χ0) is 18.5. The lowest BCUT2D eigenvalue weighted by atomic mass is 10.1. The van der Waals surface area contributed by atoms with E-state index in [0.717, 1.165) is 17.7 Å². The van der Waals surface area contributed by atoms with Crippen LogP contribution in [0.1, 0.15) is 40.5 Å². The number of amides is 2.